The average Bonchev–Trinajstić information content (AvgIpc) is 1.92. The summed E-state index contributed by atoms with van der Waals surface area (Å²) in [4.78, 5) is 0. The smallest absolute Gasteiger partial charge is 0.0402 e. The molecule has 0 atom stereocenters. The summed E-state index contributed by atoms with van der Waals surface area (Å²) < 4.78 is 0. The maximum absolute atomic E-state index is 7.57. The van der Waals surface area contributed by atoms with E-state index in [-0.39, 0.29) is 77.8 Å². The van der Waals surface area contributed by atoms with Gasteiger partial charge in [0.1, 0.15) is 0 Å². The molecule has 0 heterocycles. The molecule has 0 aromatic rings. The minimum absolute atomic E-state index is 0. The minimum atomic E-state index is 0. The predicted octanol–water partition coefficient (Wildman–Crippen LogP) is -0.386. The second-order valence-electron chi connectivity index (χ2n) is 1.26. The molecular formula is C8H24KO4. The van der Waals surface area contributed by atoms with Crippen LogP contribution >= 0.6 is 0 Å². The monoisotopic (exact) mass is 223 g/mol. The van der Waals surface area contributed by atoms with Crippen molar-refractivity contribution in [3.05, 3.63) is 0 Å². The van der Waals surface area contributed by atoms with Crippen molar-refractivity contribution >= 4 is 51.4 Å². The molecule has 0 spiro atoms. The van der Waals surface area contributed by atoms with Gasteiger partial charge in [0.2, 0.25) is 0 Å². The van der Waals surface area contributed by atoms with Gasteiger partial charge in [-0.3, -0.25) is 0 Å². The second-order valence-corrected chi connectivity index (χ2v) is 1.26. The van der Waals surface area contributed by atoms with Crippen molar-refractivity contribution in [3.8, 4) is 0 Å². The molecule has 0 unspecified atom stereocenters. The molecule has 81 valence electrons. The molecule has 0 aliphatic heterocycles. The molecule has 0 aliphatic rings. The first-order valence-corrected chi connectivity index (χ1v) is 4.09. The normalized spacial score (nSPS) is 5.54. The Morgan fingerprint density at radius 1 is 0.538 bits per heavy atom. The second kappa shape index (κ2) is 69.9. The fraction of sp³-hybridized carbons (Fsp3) is 1.00. The molecule has 4 N–H and O–H groups in total. The Morgan fingerprint density at radius 2 is 0.538 bits per heavy atom. The Bertz CT molecular complexity index is 24.1. The first-order valence-electron chi connectivity index (χ1n) is 4.09. The third-order valence-corrected chi connectivity index (χ3v) is 0. The van der Waals surface area contributed by atoms with E-state index in [9.17, 15) is 0 Å². The minimum Gasteiger partial charge on any atom is -0.397 e. The molecule has 4 nitrogen and oxygen atoms in total. The Kier molecular flexibility index (Phi) is 158. The van der Waals surface area contributed by atoms with E-state index in [4.69, 9.17) is 20.4 Å². The number of aliphatic hydroxyl groups excluding tert-OH is 4. The Hall–Kier alpha value is 1.48. The molecule has 0 rings (SSSR count). The van der Waals surface area contributed by atoms with Crippen LogP contribution in [-0.2, 0) is 0 Å². The summed E-state index contributed by atoms with van der Waals surface area (Å²) in [6.45, 7) is 7.72. The van der Waals surface area contributed by atoms with Crippen LogP contribution in [0.25, 0.3) is 0 Å². The van der Waals surface area contributed by atoms with Crippen molar-refractivity contribution in [2.45, 2.75) is 27.7 Å². The standard InChI is InChI=1S/4C2H6O.K/c4*1-2-3;/h4*3H,2H2,1H3;. The fourth-order valence-corrected chi connectivity index (χ4v) is 0. The van der Waals surface area contributed by atoms with Crippen molar-refractivity contribution in [1.29, 1.82) is 0 Å². The van der Waals surface area contributed by atoms with Gasteiger partial charge in [-0.05, 0) is 27.7 Å². The van der Waals surface area contributed by atoms with E-state index in [2.05, 4.69) is 0 Å². The molecule has 0 aromatic carbocycles. The first kappa shape index (κ1) is 29.3. The molecule has 0 aliphatic carbocycles. The third kappa shape index (κ3) is 814. The van der Waals surface area contributed by atoms with E-state index >= 15 is 0 Å². The quantitative estimate of drug-likeness (QED) is 0.422. The third-order valence-electron chi connectivity index (χ3n) is 0. The average molecular weight is 223 g/mol. The predicted molar refractivity (Wildman–Crippen MR) is 56.8 cm³/mol. The van der Waals surface area contributed by atoms with Crippen molar-refractivity contribution < 1.29 is 20.4 Å². The summed E-state index contributed by atoms with van der Waals surface area (Å²) >= 11 is 0. The summed E-state index contributed by atoms with van der Waals surface area (Å²) in [5.74, 6) is 0. The molecule has 13 heavy (non-hydrogen) atoms. The molecule has 0 bridgehead atoms. The van der Waals surface area contributed by atoms with Gasteiger partial charge in [0, 0.05) is 77.8 Å². The van der Waals surface area contributed by atoms with Crippen LogP contribution in [0.2, 0.25) is 0 Å². The van der Waals surface area contributed by atoms with E-state index in [1.807, 2.05) is 0 Å². The van der Waals surface area contributed by atoms with Crippen molar-refractivity contribution in [3.63, 3.8) is 0 Å². The van der Waals surface area contributed by atoms with Crippen LogP contribution in [0.4, 0.5) is 0 Å². The molecule has 5 heteroatoms. The van der Waals surface area contributed by atoms with Gasteiger partial charge in [-0.2, -0.15) is 0 Å². The topological polar surface area (TPSA) is 80.9 Å². The Labute approximate surface area is 124 Å². The van der Waals surface area contributed by atoms with Crippen molar-refractivity contribution in [2.75, 3.05) is 26.4 Å². The van der Waals surface area contributed by atoms with Crippen LogP contribution in [0.5, 0.6) is 0 Å². The molecule has 0 aromatic heterocycles. The largest absolute Gasteiger partial charge is 0.397 e. The first-order chi connectivity index (χ1) is 5.66. The molecule has 0 amide bonds. The van der Waals surface area contributed by atoms with Crippen LogP contribution in [0, 0.1) is 0 Å². The number of hydrogen-bond acceptors (Lipinski definition) is 4. The van der Waals surface area contributed by atoms with Gasteiger partial charge in [0.05, 0.1) is 0 Å². The Balaban J connectivity index is -0.0000000213. The zero-order valence-corrected chi connectivity index (χ0v) is 12.7. The van der Waals surface area contributed by atoms with E-state index in [1.165, 1.54) is 0 Å². The molecule has 1 radical (unpaired) electrons. The van der Waals surface area contributed by atoms with Gasteiger partial charge < -0.3 is 20.4 Å². The van der Waals surface area contributed by atoms with Crippen LogP contribution in [0.15, 0.2) is 0 Å². The zero-order valence-electron chi connectivity index (χ0n) is 9.62. The van der Waals surface area contributed by atoms with Gasteiger partial charge >= 0.3 is 0 Å². The summed E-state index contributed by atoms with van der Waals surface area (Å²) in [6.07, 6.45) is 0. The molecule has 0 fully saturated rings. The summed E-state index contributed by atoms with van der Waals surface area (Å²) in [6, 6.07) is 0. The number of aliphatic hydroxyl groups is 4. The Morgan fingerprint density at radius 3 is 0.538 bits per heavy atom. The molecule has 0 saturated carbocycles. The van der Waals surface area contributed by atoms with Crippen LogP contribution in [0.1, 0.15) is 27.7 Å². The van der Waals surface area contributed by atoms with E-state index in [1.54, 1.807) is 27.7 Å². The van der Waals surface area contributed by atoms with Gasteiger partial charge in [-0.1, -0.05) is 0 Å². The zero-order chi connectivity index (χ0) is 10.8. The van der Waals surface area contributed by atoms with Crippen molar-refractivity contribution in [2.24, 2.45) is 0 Å². The number of hydrogen-bond donors (Lipinski definition) is 4. The van der Waals surface area contributed by atoms with E-state index in [0.29, 0.717) is 0 Å². The summed E-state index contributed by atoms with van der Waals surface area (Å²) in [5.41, 5.74) is 0. The summed E-state index contributed by atoms with van der Waals surface area (Å²) in [5, 5.41) is 30.3. The maximum Gasteiger partial charge on any atom is 0.0402 e. The van der Waals surface area contributed by atoms with Crippen LogP contribution < -0.4 is 0 Å². The summed E-state index contributed by atoms with van der Waals surface area (Å²) in [7, 11) is 0. The van der Waals surface area contributed by atoms with Crippen molar-refractivity contribution in [1.82, 2.24) is 0 Å². The van der Waals surface area contributed by atoms with E-state index in [0.717, 1.165) is 0 Å². The number of rotatable bonds is 0. The fourth-order valence-electron chi connectivity index (χ4n) is 0. The SMILES string of the molecule is CCO.CCO.CCO.CCO.[K]. The van der Waals surface area contributed by atoms with Crippen LogP contribution in [0.3, 0.4) is 0 Å². The van der Waals surface area contributed by atoms with Gasteiger partial charge in [-0.15, -0.1) is 0 Å². The van der Waals surface area contributed by atoms with E-state index < -0.39 is 0 Å². The molecular weight excluding hydrogens is 199 g/mol. The van der Waals surface area contributed by atoms with Gasteiger partial charge in [0.15, 0.2) is 0 Å². The van der Waals surface area contributed by atoms with Gasteiger partial charge in [0.25, 0.3) is 0 Å². The maximum atomic E-state index is 7.57. The van der Waals surface area contributed by atoms with Crippen LogP contribution in [-0.4, -0.2) is 98.2 Å². The molecule has 0 saturated heterocycles. The van der Waals surface area contributed by atoms with Gasteiger partial charge in [-0.25, -0.2) is 0 Å².